The number of urea groups is 1. The van der Waals surface area contributed by atoms with Gasteiger partial charge in [-0.3, -0.25) is 4.79 Å². The van der Waals surface area contributed by atoms with Gasteiger partial charge in [0.2, 0.25) is 5.91 Å². The van der Waals surface area contributed by atoms with Crippen LogP contribution >= 0.6 is 11.3 Å². The third-order valence-corrected chi connectivity index (χ3v) is 6.35. The molecule has 0 bridgehead atoms. The molecule has 5 nitrogen and oxygen atoms in total. The third kappa shape index (κ3) is 6.38. The van der Waals surface area contributed by atoms with Crippen molar-refractivity contribution >= 4 is 29.0 Å². The Hall–Kier alpha value is -3.33. The van der Waals surface area contributed by atoms with Crippen LogP contribution in [0, 0.1) is 0 Å². The van der Waals surface area contributed by atoms with Gasteiger partial charge in [0.1, 0.15) is 6.54 Å². The van der Waals surface area contributed by atoms with Gasteiger partial charge in [-0.25, -0.2) is 4.79 Å². The van der Waals surface area contributed by atoms with Crippen molar-refractivity contribution in [2.24, 2.45) is 0 Å². The minimum absolute atomic E-state index is 0.0395. The fourth-order valence-electron chi connectivity index (χ4n) is 3.59. The van der Waals surface area contributed by atoms with Crippen molar-refractivity contribution in [1.29, 1.82) is 0 Å². The van der Waals surface area contributed by atoms with E-state index in [-0.39, 0.29) is 24.2 Å². The van der Waals surface area contributed by atoms with E-state index in [2.05, 4.69) is 5.32 Å². The van der Waals surface area contributed by atoms with E-state index in [0.29, 0.717) is 13.1 Å². The zero-order chi connectivity index (χ0) is 24.1. The molecule has 9 heteroatoms. The van der Waals surface area contributed by atoms with Gasteiger partial charge in [0.25, 0.3) is 0 Å². The summed E-state index contributed by atoms with van der Waals surface area (Å²) in [5.74, 6) is -0.219. The summed E-state index contributed by atoms with van der Waals surface area (Å²) in [4.78, 5) is 30.4. The first-order valence-electron chi connectivity index (χ1n) is 10.9. The predicted molar refractivity (Wildman–Crippen MR) is 125 cm³/mol. The Morgan fingerprint density at radius 3 is 2.38 bits per heavy atom. The standard InChI is InChI=1S/C25H24F3N3O2S/c26-25(27,28)19-8-4-9-20(14-19)29-24(33)31(21-11-12-21)17-23(32)30(16-22-10-5-13-34-22)15-18-6-2-1-3-7-18/h1-10,13-14,21H,11-12,15-17H2,(H,29,33). The van der Waals surface area contributed by atoms with Crippen LogP contribution in [0.2, 0.25) is 0 Å². The minimum atomic E-state index is -4.51. The van der Waals surface area contributed by atoms with Crippen LogP contribution in [0.15, 0.2) is 72.1 Å². The minimum Gasteiger partial charge on any atom is -0.332 e. The summed E-state index contributed by atoms with van der Waals surface area (Å²) >= 11 is 1.55. The van der Waals surface area contributed by atoms with Gasteiger partial charge in [-0.15, -0.1) is 11.3 Å². The Labute approximate surface area is 199 Å². The number of nitrogens with zero attached hydrogens (tertiary/aromatic N) is 2. The SMILES string of the molecule is O=C(CN(C(=O)Nc1cccc(C(F)(F)F)c1)C1CC1)N(Cc1ccccc1)Cc1cccs1. The van der Waals surface area contributed by atoms with Crippen molar-refractivity contribution in [2.75, 3.05) is 11.9 Å². The monoisotopic (exact) mass is 487 g/mol. The number of thiophene rings is 1. The molecule has 178 valence electrons. The fraction of sp³-hybridized carbons (Fsp3) is 0.280. The highest BCUT2D eigenvalue weighted by Crippen LogP contribution is 2.31. The van der Waals surface area contributed by atoms with Gasteiger partial charge >= 0.3 is 12.2 Å². The molecule has 3 amide bonds. The molecular weight excluding hydrogens is 463 g/mol. The van der Waals surface area contributed by atoms with E-state index in [1.807, 2.05) is 47.8 Å². The maximum absolute atomic E-state index is 13.3. The molecule has 1 heterocycles. The Morgan fingerprint density at radius 2 is 1.74 bits per heavy atom. The van der Waals surface area contributed by atoms with E-state index in [1.54, 1.807) is 16.2 Å². The lowest BCUT2D eigenvalue weighted by atomic mass is 10.2. The van der Waals surface area contributed by atoms with E-state index in [9.17, 15) is 22.8 Å². The van der Waals surface area contributed by atoms with Crippen LogP contribution in [0.25, 0.3) is 0 Å². The van der Waals surface area contributed by atoms with Gasteiger partial charge in [0, 0.05) is 23.2 Å². The summed E-state index contributed by atoms with van der Waals surface area (Å²) in [5.41, 5.74) is 0.167. The zero-order valence-electron chi connectivity index (χ0n) is 18.3. The molecule has 0 radical (unpaired) electrons. The largest absolute Gasteiger partial charge is 0.416 e. The molecule has 0 unspecified atom stereocenters. The molecule has 1 aliphatic carbocycles. The number of benzene rings is 2. The summed E-state index contributed by atoms with van der Waals surface area (Å²) in [6.07, 6.45) is -2.99. The van der Waals surface area contributed by atoms with Crippen LogP contribution in [0.3, 0.4) is 0 Å². The summed E-state index contributed by atoms with van der Waals surface area (Å²) in [6.45, 7) is 0.665. The normalized spacial score (nSPS) is 13.4. The summed E-state index contributed by atoms with van der Waals surface area (Å²) in [5, 5.41) is 4.48. The summed E-state index contributed by atoms with van der Waals surface area (Å²) in [6, 6.07) is 17.3. The maximum Gasteiger partial charge on any atom is 0.416 e. The second-order valence-electron chi connectivity index (χ2n) is 8.18. The molecule has 1 aliphatic rings. The van der Waals surface area contributed by atoms with Crippen molar-refractivity contribution in [2.45, 2.75) is 38.1 Å². The first-order chi connectivity index (χ1) is 16.3. The molecule has 1 fully saturated rings. The molecule has 0 atom stereocenters. The smallest absolute Gasteiger partial charge is 0.332 e. The quantitative estimate of drug-likeness (QED) is 0.424. The molecule has 0 saturated heterocycles. The molecule has 2 aromatic carbocycles. The third-order valence-electron chi connectivity index (χ3n) is 5.49. The number of hydrogen-bond donors (Lipinski definition) is 1. The van der Waals surface area contributed by atoms with E-state index in [1.165, 1.54) is 17.0 Å². The highest BCUT2D eigenvalue weighted by atomic mass is 32.1. The van der Waals surface area contributed by atoms with Gasteiger partial charge in [-0.1, -0.05) is 42.5 Å². The van der Waals surface area contributed by atoms with Crippen LogP contribution in [0.4, 0.5) is 23.7 Å². The predicted octanol–water partition coefficient (Wildman–Crippen LogP) is 5.99. The van der Waals surface area contributed by atoms with Crippen molar-refractivity contribution in [3.05, 3.63) is 88.1 Å². The average Bonchev–Trinajstić information content (AvgIpc) is 3.52. The van der Waals surface area contributed by atoms with Crippen LogP contribution < -0.4 is 5.32 Å². The van der Waals surface area contributed by atoms with Crippen LogP contribution in [-0.2, 0) is 24.1 Å². The molecule has 34 heavy (non-hydrogen) atoms. The number of nitrogens with one attached hydrogen (secondary N) is 1. The molecular formula is C25H24F3N3O2S. The number of anilines is 1. The van der Waals surface area contributed by atoms with Crippen LogP contribution in [0.5, 0.6) is 0 Å². The van der Waals surface area contributed by atoms with Gasteiger partial charge in [-0.05, 0) is 48.1 Å². The summed E-state index contributed by atoms with van der Waals surface area (Å²) < 4.78 is 39.1. The van der Waals surface area contributed by atoms with E-state index >= 15 is 0 Å². The first kappa shape index (κ1) is 23.8. The Morgan fingerprint density at radius 1 is 0.971 bits per heavy atom. The van der Waals surface area contributed by atoms with Crippen molar-refractivity contribution in [3.8, 4) is 0 Å². The first-order valence-corrected chi connectivity index (χ1v) is 11.8. The molecule has 1 N–H and O–H groups in total. The average molecular weight is 488 g/mol. The maximum atomic E-state index is 13.3. The summed E-state index contributed by atoms with van der Waals surface area (Å²) in [7, 11) is 0. The van der Waals surface area contributed by atoms with E-state index in [0.717, 1.165) is 35.4 Å². The van der Waals surface area contributed by atoms with Gasteiger partial charge in [-0.2, -0.15) is 13.2 Å². The molecule has 4 rings (SSSR count). The number of halogens is 3. The Bertz CT molecular complexity index is 1120. The lowest BCUT2D eigenvalue weighted by molar-refractivity contribution is -0.137. The number of carbonyl (C=O) groups excluding carboxylic acids is 2. The second kappa shape index (κ2) is 10.3. The zero-order valence-corrected chi connectivity index (χ0v) is 19.1. The molecule has 0 aliphatic heterocycles. The lowest BCUT2D eigenvalue weighted by Gasteiger charge is -2.28. The van der Waals surface area contributed by atoms with Crippen molar-refractivity contribution in [1.82, 2.24) is 9.80 Å². The molecule has 0 spiro atoms. The fourth-order valence-corrected chi connectivity index (χ4v) is 4.31. The van der Waals surface area contributed by atoms with Crippen LogP contribution in [0.1, 0.15) is 28.8 Å². The number of hydrogen-bond acceptors (Lipinski definition) is 3. The van der Waals surface area contributed by atoms with E-state index in [4.69, 9.17) is 0 Å². The molecule has 1 saturated carbocycles. The van der Waals surface area contributed by atoms with Gasteiger partial charge in [0.05, 0.1) is 12.1 Å². The molecule has 1 aromatic heterocycles. The van der Waals surface area contributed by atoms with Crippen LogP contribution in [-0.4, -0.2) is 34.3 Å². The highest BCUT2D eigenvalue weighted by molar-refractivity contribution is 7.09. The number of alkyl halides is 3. The number of carbonyl (C=O) groups is 2. The van der Waals surface area contributed by atoms with Crippen molar-refractivity contribution < 1.29 is 22.8 Å². The topological polar surface area (TPSA) is 52.7 Å². The van der Waals surface area contributed by atoms with Gasteiger partial charge < -0.3 is 15.1 Å². The number of amides is 3. The lowest BCUT2D eigenvalue weighted by Crippen LogP contribution is -2.45. The second-order valence-corrected chi connectivity index (χ2v) is 9.21. The highest BCUT2D eigenvalue weighted by Gasteiger charge is 2.35. The van der Waals surface area contributed by atoms with E-state index < -0.39 is 17.8 Å². The van der Waals surface area contributed by atoms with Crippen molar-refractivity contribution in [3.63, 3.8) is 0 Å². The molecule has 3 aromatic rings. The Balaban J connectivity index is 1.47. The number of rotatable bonds is 8. The Kier molecular flexibility index (Phi) is 7.21. The van der Waals surface area contributed by atoms with Gasteiger partial charge in [0.15, 0.2) is 0 Å².